The first-order valence-electron chi connectivity index (χ1n) is 6.99. The SMILES string of the molecule is O=C([O-])CCCCCn1c(SCC(=O)[O-])nc2ccsc2c1=O. The first-order valence-corrected chi connectivity index (χ1v) is 8.86. The Bertz CT molecular complexity index is 768. The third-order valence-electron chi connectivity index (χ3n) is 3.11. The Hall–Kier alpha value is -1.87. The summed E-state index contributed by atoms with van der Waals surface area (Å²) < 4.78 is 1.98. The molecule has 124 valence electrons. The number of fused-ring (bicyclic) bond motifs is 1. The molecule has 0 radical (unpaired) electrons. The molecule has 0 aliphatic heterocycles. The fourth-order valence-corrected chi connectivity index (χ4v) is 3.59. The fourth-order valence-electron chi connectivity index (χ4n) is 2.07. The summed E-state index contributed by atoms with van der Waals surface area (Å²) in [6.07, 6.45) is 1.70. The predicted molar refractivity (Wildman–Crippen MR) is 83.1 cm³/mol. The van der Waals surface area contributed by atoms with Crippen molar-refractivity contribution in [1.82, 2.24) is 9.55 Å². The Morgan fingerprint density at radius 1 is 1.22 bits per heavy atom. The number of thioether (sulfide) groups is 1. The van der Waals surface area contributed by atoms with Gasteiger partial charge in [-0.25, -0.2) is 4.98 Å². The van der Waals surface area contributed by atoms with Crippen LogP contribution < -0.4 is 15.8 Å². The number of carboxylic acid groups (broad SMARTS) is 2. The van der Waals surface area contributed by atoms with Gasteiger partial charge < -0.3 is 19.8 Å². The highest BCUT2D eigenvalue weighted by Crippen LogP contribution is 2.21. The Labute approximate surface area is 140 Å². The maximum atomic E-state index is 12.5. The smallest absolute Gasteiger partial charge is 0.272 e. The third kappa shape index (κ3) is 4.80. The number of hydrogen-bond acceptors (Lipinski definition) is 8. The van der Waals surface area contributed by atoms with Gasteiger partial charge in [-0.2, -0.15) is 0 Å². The van der Waals surface area contributed by atoms with Crippen molar-refractivity contribution in [1.29, 1.82) is 0 Å². The van der Waals surface area contributed by atoms with Crippen molar-refractivity contribution >= 4 is 45.3 Å². The zero-order chi connectivity index (χ0) is 16.8. The van der Waals surface area contributed by atoms with E-state index in [1.54, 1.807) is 11.4 Å². The van der Waals surface area contributed by atoms with Gasteiger partial charge in [-0.05, 0) is 30.7 Å². The van der Waals surface area contributed by atoms with Gasteiger partial charge >= 0.3 is 0 Å². The van der Waals surface area contributed by atoms with Crippen LogP contribution in [-0.2, 0) is 16.1 Å². The monoisotopic (exact) mass is 354 g/mol. The summed E-state index contributed by atoms with van der Waals surface area (Å²) in [5, 5.41) is 23.1. The lowest BCUT2D eigenvalue weighted by atomic mass is 10.2. The molecule has 2 aromatic rings. The zero-order valence-electron chi connectivity index (χ0n) is 12.1. The van der Waals surface area contributed by atoms with Crippen LogP contribution in [0, 0.1) is 0 Å². The van der Waals surface area contributed by atoms with Crippen molar-refractivity contribution in [3.8, 4) is 0 Å². The normalized spacial score (nSPS) is 11.0. The average Bonchev–Trinajstić information content (AvgIpc) is 2.95. The summed E-state index contributed by atoms with van der Waals surface area (Å²) in [5.41, 5.74) is 0.347. The quantitative estimate of drug-likeness (QED) is 0.342. The Kier molecular flexibility index (Phi) is 6.17. The molecule has 0 unspecified atom stereocenters. The molecule has 0 saturated carbocycles. The zero-order valence-corrected chi connectivity index (χ0v) is 13.8. The van der Waals surface area contributed by atoms with E-state index in [0.717, 1.165) is 11.8 Å². The molecule has 2 heterocycles. The average molecular weight is 354 g/mol. The van der Waals surface area contributed by atoms with Crippen LogP contribution >= 0.6 is 23.1 Å². The van der Waals surface area contributed by atoms with E-state index < -0.39 is 11.9 Å². The second-order valence-electron chi connectivity index (χ2n) is 4.83. The maximum Gasteiger partial charge on any atom is 0.272 e. The molecule has 7 nitrogen and oxygen atoms in total. The van der Waals surface area contributed by atoms with Crippen LogP contribution in [0.5, 0.6) is 0 Å². The van der Waals surface area contributed by atoms with Gasteiger partial charge in [0.1, 0.15) is 4.70 Å². The summed E-state index contributed by atoms with van der Waals surface area (Å²) in [4.78, 5) is 37.8. The molecule has 0 N–H and O–H groups in total. The lowest BCUT2D eigenvalue weighted by molar-refractivity contribution is -0.306. The molecule has 0 aliphatic carbocycles. The number of nitrogens with zero attached hydrogens (tertiary/aromatic N) is 2. The first kappa shape index (κ1) is 17.5. The molecule has 2 aromatic heterocycles. The van der Waals surface area contributed by atoms with Crippen molar-refractivity contribution in [3.63, 3.8) is 0 Å². The second kappa shape index (κ2) is 8.11. The highest BCUT2D eigenvalue weighted by Gasteiger charge is 2.12. The van der Waals surface area contributed by atoms with Gasteiger partial charge in [0.15, 0.2) is 5.16 Å². The number of hydrogen-bond donors (Lipinski definition) is 0. The van der Waals surface area contributed by atoms with Crippen LogP contribution in [0.25, 0.3) is 10.2 Å². The molecule has 0 amide bonds. The van der Waals surface area contributed by atoms with Crippen LogP contribution in [-0.4, -0.2) is 27.2 Å². The minimum Gasteiger partial charge on any atom is -0.550 e. The van der Waals surface area contributed by atoms with E-state index in [1.165, 1.54) is 15.9 Å². The van der Waals surface area contributed by atoms with E-state index in [-0.39, 0.29) is 17.7 Å². The molecule has 2 rings (SSSR count). The topological polar surface area (TPSA) is 115 Å². The largest absolute Gasteiger partial charge is 0.550 e. The molecule has 0 saturated heterocycles. The molecule has 0 aliphatic rings. The lowest BCUT2D eigenvalue weighted by Gasteiger charge is -2.12. The summed E-state index contributed by atoms with van der Waals surface area (Å²) in [6.45, 7) is 0.363. The van der Waals surface area contributed by atoms with Gasteiger partial charge in [0, 0.05) is 18.3 Å². The van der Waals surface area contributed by atoms with Crippen LogP contribution in [0.3, 0.4) is 0 Å². The van der Waals surface area contributed by atoms with Gasteiger partial charge in [-0.1, -0.05) is 18.2 Å². The number of aliphatic carboxylic acids is 2. The van der Waals surface area contributed by atoms with E-state index >= 15 is 0 Å². The summed E-state index contributed by atoms with van der Waals surface area (Å²) in [5.74, 6) is -2.60. The molecule has 0 atom stereocenters. The molecular formula is C14H14N2O5S2-2. The van der Waals surface area contributed by atoms with Crippen LogP contribution in [0.2, 0.25) is 0 Å². The molecule has 0 aromatic carbocycles. The first-order chi connectivity index (χ1) is 11.0. The second-order valence-corrected chi connectivity index (χ2v) is 6.69. The number of unbranched alkanes of at least 4 members (excludes halogenated alkanes) is 2. The van der Waals surface area contributed by atoms with Crippen molar-refractivity contribution in [3.05, 3.63) is 21.8 Å². The van der Waals surface area contributed by atoms with E-state index in [2.05, 4.69) is 4.98 Å². The molecule has 9 heteroatoms. The highest BCUT2D eigenvalue weighted by atomic mass is 32.2. The Balaban J connectivity index is 2.15. The molecular weight excluding hydrogens is 340 g/mol. The van der Waals surface area contributed by atoms with Gasteiger partial charge in [0.2, 0.25) is 0 Å². The number of rotatable bonds is 9. The predicted octanol–water partition coefficient (Wildman–Crippen LogP) is -0.390. The number of carbonyl (C=O) groups excluding carboxylic acids is 2. The summed E-state index contributed by atoms with van der Waals surface area (Å²) in [7, 11) is 0. The Morgan fingerprint density at radius 2 is 2.00 bits per heavy atom. The van der Waals surface area contributed by atoms with Crippen LogP contribution in [0.1, 0.15) is 25.7 Å². The van der Waals surface area contributed by atoms with Crippen molar-refractivity contribution in [2.45, 2.75) is 37.4 Å². The van der Waals surface area contributed by atoms with E-state index in [4.69, 9.17) is 0 Å². The molecule has 0 bridgehead atoms. The number of carboxylic acids is 2. The van der Waals surface area contributed by atoms with Crippen molar-refractivity contribution in [2.24, 2.45) is 0 Å². The summed E-state index contributed by atoms with van der Waals surface area (Å²) >= 11 is 2.24. The maximum absolute atomic E-state index is 12.5. The van der Waals surface area contributed by atoms with Crippen molar-refractivity contribution < 1.29 is 19.8 Å². The van der Waals surface area contributed by atoms with Crippen LogP contribution in [0.15, 0.2) is 21.4 Å². The van der Waals surface area contributed by atoms with Gasteiger partial charge in [0.05, 0.1) is 11.5 Å². The molecule has 0 fully saturated rings. The lowest BCUT2D eigenvalue weighted by Crippen LogP contribution is -2.26. The van der Waals surface area contributed by atoms with E-state index in [1.807, 2.05) is 0 Å². The number of thiophene rings is 1. The number of carbonyl (C=O) groups is 2. The minimum atomic E-state index is -1.23. The van der Waals surface area contributed by atoms with E-state index in [0.29, 0.717) is 41.2 Å². The van der Waals surface area contributed by atoms with Crippen LogP contribution in [0.4, 0.5) is 0 Å². The van der Waals surface area contributed by atoms with Gasteiger partial charge in [-0.3, -0.25) is 9.36 Å². The molecule has 0 spiro atoms. The minimum absolute atomic E-state index is 0.0105. The van der Waals surface area contributed by atoms with Gasteiger partial charge in [0.25, 0.3) is 5.56 Å². The summed E-state index contributed by atoms with van der Waals surface area (Å²) in [6, 6.07) is 1.72. The fraction of sp³-hybridized carbons (Fsp3) is 0.429. The third-order valence-corrected chi connectivity index (χ3v) is 4.95. The highest BCUT2D eigenvalue weighted by molar-refractivity contribution is 7.99. The van der Waals surface area contributed by atoms with Crippen molar-refractivity contribution in [2.75, 3.05) is 5.75 Å². The van der Waals surface area contributed by atoms with Gasteiger partial charge in [-0.15, -0.1) is 11.3 Å². The van der Waals surface area contributed by atoms with E-state index in [9.17, 15) is 24.6 Å². The Morgan fingerprint density at radius 3 is 2.70 bits per heavy atom. The molecule has 23 heavy (non-hydrogen) atoms. The number of aromatic nitrogens is 2. The standard InChI is InChI=1S/C14H16N2O5S2/c17-10(18)4-2-1-3-6-16-13(21)12-9(5-7-22-12)15-14(16)23-8-11(19)20/h5,7H,1-4,6,8H2,(H,17,18)(H,19,20)/p-2.